The average Bonchev–Trinajstić information content (AvgIpc) is 2.08. The Kier molecular flexibility index (Phi) is 1.59. The fraction of sp³-hybridized carbons (Fsp3) is 0.200. The second-order valence-electron chi connectivity index (χ2n) is 1.73. The third-order valence-corrected chi connectivity index (χ3v) is 2.87. The minimum absolute atomic E-state index is 0.410. The van der Waals surface area contributed by atoms with E-state index in [1.165, 1.54) is 17.6 Å². The van der Waals surface area contributed by atoms with E-state index >= 15 is 0 Å². The van der Waals surface area contributed by atoms with Crippen LogP contribution >= 0.6 is 11.3 Å². The van der Waals surface area contributed by atoms with Crippen molar-refractivity contribution in [1.29, 1.82) is 0 Å². The van der Waals surface area contributed by atoms with Crippen LogP contribution in [-0.2, 0) is 9.84 Å². The molecule has 0 aliphatic heterocycles. The summed E-state index contributed by atoms with van der Waals surface area (Å²) in [5, 5.41) is 3.37. The summed E-state index contributed by atoms with van der Waals surface area (Å²) in [7, 11) is -2.95. The summed E-state index contributed by atoms with van der Waals surface area (Å²) >= 11 is 1.39. The van der Waals surface area contributed by atoms with Crippen molar-refractivity contribution >= 4 is 21.2 Å². The van der Waals surface area contributed by atoms with E-state index in [2.05, 4.69) is 0 Å². The van der Waals surface area contributed by atoms with Crippen LogP contribution in [0.25, 0.3) is 0 Å². The Bertz CT molecular complexity index is 270. The summed E-state index contributed by atoms with van der Waals surface area (Å²) in [6.45, 7) is 0. The van der Waals surface area contributed by atoms with Crippen LogP contribution in [0.5, 0.6) is 0 Å². The monoisotopic (exact) mass is 162 g/mol. The van der Waals surface area contributed by atoms with Gasteiger partial charge in [0, 0.05) is 11.6 Å². The molecule has 1 aromatic heterocycles. The molecule has 0 bridgehead atoms. The molecule has 1 aromatic rings. The highest BCUT2D eigenvalue weighted by molar-refractivity contribution is 7.90. The zero-order valence-corrected chi connectivity index (χ0v) is 6.50. The quantitative estimate of drug-likeness (QED) is 0.620. The molecule has 9 heavy (non-hydrogen) atoms. The highest BCUT2D eigenvalue weighted by Gasteiger charge is 2.04. The Morgan fingerprint density at radius 3 is 2.44 bits per heavy atom. The van der Waals surface area contributed by atoms with Gasteiger partial charge in [-0.3, -0.25) is 0 Å². The lowest BCUT2D eigenvalue weighted by Gasteiger charge is -1.86. The van der Waals surface area contributed by atoms with Gasteiger partial charge in [0.05, 0.1) is 4.90 Å². The number of hydrogen-bond acceptors (Lipinski definition) is 3. The predicted molar refractivity (Wildman–Crippen MR) is 37.4 cm³/mol. The lowest BCUT2D eigenvalue weighted by atomic mass is 10.7. The number of sulfone groups is 1. The van der Waals surface area contributed by atoms with E-state index in [-0.39, 0.29) is 0 Å². The molecule has 0 aliphatic rings. The first kappa shape index (κ1) is 6.77. The zero-order chi connectivity index (χ0) is 6.91. The normalized spacial score (nSPS) is 11.7. The molecule has 4 heteroatoms. The van der Waals surface area contributed by atoms with Crippen LogP contribution in [0, 0.1) is 0 Å². The molecule has 0 radical (unpaired) electrons. The third-order valence-electron chi connectivity index (χ3n) is 0.923. The summed E-state index contributed by atoms with van der Waals surface area (Å²) in [5.41, 5.74) is 0. The molecule has 0 unspecified atom stereocenters. The molecule has 0 atom stereocenters. The third kappa shape index (κ3) is 1.53. The standard InChI is InChI=1S/C5H6O2S2/c1-9(6,7)5-2-3-8-4-5/h2-4H,1H3. The Morgan fingerprint density at radius 1 is 1.56 bits per heavy atom. The lowest BCUT2D eigenvalue weighted by molar-refractivity contribution is 0.602. The van der Waals surface area contributed by atoms with Crippen LogP contribution in [0.15, 0.2) is 21.7 Å². The first-order valence-electron chi connectivity index (χ1n) is 2.33. The van der Waals surface area contributed by atoms with Gasteiger partial charge in [-0.1, -0.05) is 0 Å². The molecule has 0 aliphatic carbocycles. The Labute approximate surface area is 58.1 Å². The molecule has 2 nitrogen and oxygen atoms in total. The molecule has 0 spiro atoms. The Morgan fingerprint density at radius 2 is 2.22 bits per heavy atom. The summed E-state index contributed by atoms with van der Waals surface area (Å²) in [6.07, 6.45) is 1.20. The van der Waals surface area contributed by atoms with Gasteiger partial charge >= 0.3 is 0 Å². The van der Waals surface area contributed by atoms with E-state index in [0.29, 0.717) is 4.90 Å². The summed E-state index contributed by atoms with van der Waals surface area (Å²) < 4.78 is 21.4. The van der Waals surface area contributed by atoms with E-state index in [1.54, 1.807) is 16.8 Å². The van der Waals surface area contributed by atoms with Crippen LogP contribution in [0.4, 0.5) is 0 Å². The van der Waals surface area contributed by atoms with Crippen LogP contribution in [-0.4, -0.2) is 14.7 Å². The van der Waals surface area contributed by atoms with Crippen molar-refractivity contribution < 1.29 is 8.42 Å². The van der Waals surface area contributed by atoms with E-state index in [4.69, 9.17) is 0 Å². The van der Waals surface area contributed by atoms with E-state index < -0.39 is 9.84 Å². The highest BCUT2D eigenvalue weighted by Crippen LogP contribution is 2.11. The molecule has 1 rings (SSSR count). The number of thiophene rings is 1. The molecule has 0 amide bonds. The maximum atomic E-state index is 10.7. The van der Waals surface area contributed by atoms with Crippen LogP contribution < -0.4 is 0 Å². The zero-order valence-electron chi connectivity index (χ0n) is 4.87. The Balaban J connectivity index is 3.20. The molecule has 0 saturated heterocycles. The van der Waals surface area contributed by atoms with Gasteiger partial charge < -0.3 is 0 Å². The van der Waals surface area contributed by atoms with Crippen molar-refractivity contribution in [2.24, 2.45) is 0 Å². The molecule has 0 N–H and O–H groups in total. The molecule has 0 fully saturated rings. The van der Waals surface area contributed by atoms with Gasteiger partial charge in [0.1, 0.15) is 0 Å². The van der Waals surface area contributed by atoms with Gasteiger partial charge in [-0.15, -0.1) is 0 Å². The van der Waals surface area contributed by atoms with Crippen molar-refractivity contribution in [1.82, 2.24) is 0 Å². The fourth-order valence-corrected chi connectivity index (χ4v) is 2.25. The SMILES string of the molecule is CS(=O)(=O)c1ccsc1. The molecule has 50 valence electrons. The largest absolute Gasteiger partial charge is 0.224 e. The van der Waals surface area contributed by atoms with Gasteiger partial charge in [0.15, 0.2) is 9.84 Å². The van der Waals surface area contributed by atoms with E-state index in [0.717, 1.165) is 0 Å². The van der Waals surface area contributed by atoms with Gasteiger partial charge in [-0.05, 0) is 11.4 Å². The number of rotatable bonds is 1. The van der Waals surface area contributed by atoms with Crippen molar-refractivity contribution in [3.05, 3.63) is 16.8 Å². The van der Waals surface area contributed by atoms with Crippen molar-refractivity contribution in [3.63, 3.8) is 0 Å². The minimum atomic E-state index is -2.95. The smallest absolute Gasteiger partial charge is 0.176 e. The highest BCUT2D eigenvalue weighted by atomic mass is 32.2. The van der Waals surface area contributed by atoms with Crippen LogP contribution in [0.2, 0.25) is 0 Å². The summed E-state index contributed by atoms with van der Waals surface area (Å²) in [6, 6.07) is 1.60. The van der Waals surface area contributed by atoms with Crippen molar-refractivity contribution in [3.8, 4) is 0 Å². The topological polar surface area (TPSA) is 34.1 Å². The van der Waals surface area contributed by atoms with E-state index in [1.807, 2.05) is 0 Å². The lowest BCUT2D eigenvalue weighted by Crippen LogP contribution is -1.92. The predicted octanol–water partition coefficient (Wildman–Crippen LogP) is 1.15. The van der Waals surface area contributed by atoms with Crippen molar-refractivity contribution in [2.75, 3.05) is 6.26 Å². The molecular weight excluding hydrogens is 156 g/mol. The van der Waals surface area contributed by atoms with Crippen molar-refractivity contribution in [2.45, 2.75) is 4.90 Å². The molecular formula is C5H6O2S2. The molecule has 1 heterocycles. The maximum absolute atomic E-state index is 10.7. The van der Waals surface area contributed by atoms with Gasteiger partial charge in [0.25, 0.3) is 0 Å². The Hall–Kier alpha value is -0.350. The van der Waals surface area contributed by atoms with Gasteiger partial charge in [-0.25, -0.2) is 8.42 Å². The summed E-state index contributed by atoms with van der Waals surface area (Å²) in [4.78, 5) is 0.410. The first-order valence-corrected chi connectivity index (χ1v) is 5.16. The average molecular weight is 162 g/mol. The van der Waals surface area contributed by atoms with Gasteiger partial charge in [0.2, 0.25) is 0 Å². The van der Waals surface area contributed by atoms with E-state index in [9.17, 15) is 8.42 Å². The summed E-state index contributed by atoms with van der Waals surface area (Å²) in [5.74, 6) is 0. The maximum Gasteiger partial charge on any atom is 0.176 e. The molecule has 0 saturated carbocycles. The second kappa shape index (κ2) is 2.11. The van der Waals surface area contributed by atoms with Gasteiger partial charge in [-0.2, -0.15) is 11.3 Å². The first-order chi connectivity index (χ1) is 4.11. The van der Waals surface area contributed by atoms with Crippen LogP contribution in [0.1, 0.15) is 0 Å². The second-order valence-corrected chi connectivity index (χ2v) is 4.53. The molecule has 0 aromatic carbocycles. The number of hydrogen-bond donors (Lipinski definition) is 0. The minimum Gasteiger partial charge on any atom is -0.224 e. The fourth-order valence-electron chi connectivity index (χ4n) is 0.463. The van der Waals surface area contributed by atoms with Crippen LogP contribution in [0.3, 0.4) is 0 Å².